The van der Waals surface area contributed by atoms with E-state index in [0.717, 1.165) is 61.0 Å². The number of anilines is 1. The van der Waals surface area contributed by atoms with Crippen LogP contribution in [0.5, 0.6) is 5.75 Å². The number of benzene rings is 2. The standard InChI is InChI=1S/C27H29N3O4/c1-33-22-12-8-19(9-13-22)17-30(21-10-11-21)25(31)18-34-27(32)23-16-20-6-2-3-7-24(20)28-26(23)29-14-4-5-15-29/h2-3,6-9,12-13,16,21H,4-5,10-11,14-15,17-18H2,1H3. The number of para-hydroxylation sites is 1. The smallest absolute Gasteiger partial charge is 0.342 e. The lowest BCUT2D eigenvalue weighted by Gasteiger charge is -2.23. The first-order valence-electron chi connectivity index (χ1n) is 11.9. The fourth-order valence-corrected chi connectivity index (χ4v) is 4.45. The van der Waals surface area contributed by atoms with Gasteiger partial charge in [0.05, 0.1) is 12.6 Å². The minimum absolute atomic E-state index is 0.178. The molecule has 1 aromatic heterocycles. The van der Waals surface area contributed by atoms with Gasteiger partial charge in [-0.25, -0.2) is 9.78 Å². The van der Waals surface area contributed by atoms with Crippen LogP contribution in [0, 0.1) is 0 Å². The van der Waals surface area contributed by atoms with Crippen LogP contribution in [-0.4, -0.2) is 54.6 Å². The largest absolute Gasteiger partial charge is 0.497 e. The van der Waals surface area contributed by atoms with Gasteiger partial charge in [-0.15, -0.1) is 0 Å². The zero-order valence-corrected chi connectivity index (χ0v) is 19.4. The van der Waals surface area contributed by atoms with Gasteiger partial charge in [-0.3, -0.25) is 4.79 Å². The number of aromatic nitrogens is 1. The Bertz CT molecular complexity index is 1180. The molecule has 2 heterocycles. The zero-order valence-electron chi connectivity index (χ0n) is 19.4. The van der Waals surface area contributed by atoms with Crippen molar-refractivity contribution in [3.05, 3.63) is 65.7 Å². The van der Waals surface area contributed by atoms with Crippen molar-refractivity contribution in [3.63, 3.8) is 0 Å². The molecule has 1 aliphatic heterocycles. The lowest BCUT2D eigenvalue weighted by molar-refractivity contribution is -0.135. The van der Waals surface area contributed by atoms with Gasteiger partial charge in [-0.1, -0.05) is 30.3 Å². The van der Waals surface area contributed by atoms with Gasteiger partial charge in [0.1, 0.15) is 17.1 Å². The molecule has 1 saturated heterocycles. The number of carbonyl (C=O) groups is 2. The molecule has 7 nitrogen and oxygen atoms in total. The second-order valence-electron chi connectivity index (χ2n) is 8.92. The van der Waals surface area contributed by atoms with Crippen LogP contribution in [0.15, 0.2) is 54.6 Å². The summed E-state index contributed by atoms with van der Waals surface area (Å²) in [5.41, 5.74) is 2.28. The Kier molecular flexibility index (Phi) is 6.34. The molecular formula is C27H29N3O4. The molecule has 176 valence electrons. The lowest BCUT2D eigenvalue weighted by atomic mass is 10.1. The number of hydrogen-bond donors (Lipinski definition) is 0. The topological polar surface area (TPSA) is 72.0 Å². The van der Waals surface area contributed by atoms with E-state index in [9.17, 15) is 9.59 Å². The van der Waals surface area contributed by atoms with Gasteiger partial charge >= 0.3 is 5.97 Å². The van der Waals surface area contributed by atoms with Gasteiger partial charge in [0.15, 0.2) is 6.61 Å². The minimum Gasteiger partial charge on any atom is -0.497 e. The monoisotopic (exact) mass is 459 g/mol. The Labute approximate surface area is 199 Å². The Balaban J connectivity index is 1.30. The first kappa shape index (κ1) is 22.2. The molecule has 0 unspecified atom stereocenters. The molecule has 0 radical (unpaired) electrons. The van der Waals surface area contributed by atoms with E-state index < -0.39 is 5.97 Å². The second kappa shape index (κ2) is 9.71. The summed E-state index contributed by atoms with van der Waals surface area (Å²) in [4.78, 5) is 34.9. The fraction of sp³-hybridized carbons (Fsp3) is 0.370. The average Bonchev–Trinajstić information content (AvgIpc) is 3.57. The van der Waals surface area contributed by atoms with E-state index in [2.05, 4.69) is 4.90 Å². The highest BCUT2D eigenvalue weighted by atomic mass is 16.5. The molecular weight excluding hydrogens is 430 g/mol. The van der Waals surface area contributed by atoms with Crippen LogP contribution in [0.3, 0.4) is 0 Å². The van der Waals surface area contributed by atoms with Crippen molar-refractivity contribution >= 4 is 28.6 Å². The molecule has 0 spiro atoms. The number of ether oxygens (including phenoxy) is 2. The molecule has 0 atom stereocenters. The maximum absolute atomic E-state index is 13.1. The van der Waals surface area contributed by atoms with E-state index in [4.69, 9.17) is 14.5 Å². The Morgan fingerprint density at radius 3 is 2.50 bits per heavy atom. The van der Waals surface area contributed by atoms with Gasteiger partial charge in [0, 0.05) is 31.1 Å². The summed E-state index contributed by atoms with van der Waals surface area (Å²) in [5, 5.41) is 0.878. The minimum atomic E-state index is -0.506. The van der Waals surface area contributed by atoms with Crippen LogP contribution in [0.1, 0.15) is 41.6 Å². The van der Waals surface area contributed by atoms with Crippen LogP contribution < -0.4 is 9.64 Å². The summed E-state index contributed by atoms with van der Waals surface area (Å²) in [7, 11) is 1.63. The average molecular weight is 460 g/mol. The first-order chi connectivity index (χ1) is 16.6. The van der Waals surface area contributed by atoms with Gasteiger partial charge < -0.3 is 19.3 Å². The van der Waals surface area contributed by atoms with Crippen molar-refractivity contribution in [2.45, 2.75) is 38.3 Å². The van der Waals surface area contributed by atoms with Gasteiger partial charge in [-0.05, 0) is 55.5 Å². The van der Waals surface area contributed by atoms with E-state index in [0.29, 0.717) is 17.9 Å². The number of nitrogens with zero attached hydrogens (tertiary/aromatic N) is 3. The van der Waals surface area contributed by atoms with Crippen LogP contribution in [0.2, 0.25) is 0 Å². The summed E-state index contributed by atoms with van der Waals surface area (Å²) < 4.78 is 10.8. The molecule has 1 saturated carbocycles. The highest BCUT2D eigenvalue weighted by molar-refractivity contribution is 6.00. The summed E-state index contributed by atoms with van der Waals surface area (Å²) in [6.45, 7) is 1.93. The van der Waals surface area contributed by atoms with Crippen molar-refractivity contribution in [2.24, 2.45) is 0 Å². The number of rotatable bonds is 8. The SMILES string of the molecule is COc1ccc(CN(C(=O)COC(=O)c2cc3ccccc3nc2N2CCCC2)C2CC2)cc1. The molecule has 2 fully saturated rings. The molecule has 2 aromatic carbocycles. The van der Waals surface area contributed by atoms with Crippen molar-refractivity contribution in [2.75, 3.05) is 31.7 Å². The van der Waals surface area contributed by atoms with E-state index in [1.54, 1.807) is 7.11 Å². The Morgan fingerprint density at radius 1 is 1.06 bits per heavy atom. The Hall–Kier alpha value is -3.61. The number of esters is 1. The summed E-state index contributed by atoms with van der Waals surface area (Å²) in [6.07, 6.45) is 4.10. The third-order valence-corrected chi connectivity index (χ3v) is 6.48. The predicted molar refractivity (Wildman–Crippen MR) is 130 cm³/mol. The van der Waals surface area contributed by atoms with Crippen LogP contribution >= 0.6 is 0 Å². The quantitative estimate of drug-likeness (QED) is 0.471. The molecule has 34 heavy (non-hydrogen) atoms. The number of fused-ring (bicyclic) bond motifs is 1. The molecule has 0 bridgehead atoms. The summed E-state index contributed by atoms with van der Waals surface area (Å²) >= 11 is 0. The maximum Gasteiger partial charge on any atom is 0.342 e. The zero-order chi connectivity index (χ0) is 23.5. The molecule has 3 aromatic rings. The highest BCUT2D eigenvalue weighted by Gasteiger charge is 2.33. The van der Waals surface area contributed by atoms with E-state index >= 15 is 0 Å². The number of methoxy groups -OCH3 is 1. The van der Waals surface area contributed by atoms with E-state index in [1.807, 2.05) is 59.5 Å². The van der Waals surface area contributed by atoms with Crippen molar-refractivity contribution in [1.29, 1.82) is 0 Å². The molecule has 2 aliphatic rings. The second-order valence-corrected chi connectivity index (χ2v) is 8.92. The predicted octanol–water partition coefficient (Wildman–Crippen LogP) is 4.19. The van der Waals surface area contributed by atoms with E-state index in [1.165, 1.54) is 0 Å². The van der Waals surface area contributed by atoms with E-state index in [-0.39, 0.29) is 18.6 Å². The van der Waals surface area contributed by atoms with Gasteiger partial charge in [-0.2, -0.15) is 0 Å². The molecule has 7 heteroatoms. The molecule has 0 N–H and O–H groups in total. The third-order valence-electron chi connectivity index (χ3n) is 6.48. The van der Waals surface area contributed by atoms with Crippen molar-refractivity contribution < 1.29 is 19.1 Å². The third kappa shape index (κ3) is 4.83. The Morgan fingerprint density at radius 2 is 1.79 bits per heavy atom. The number of hydrogen-bond acceptors (Lipinski definition) is 6. The van der Waals surface area contributed by atoms with Gasteiger partial charge in [0.2, 0.25) is 0 Å². The van der Waals surface area contributed by atoms with Crippen molar-refractivity contribution in [1.82, 2.24) is 9.88 Å². The molecule has 5 rings (SSSR count). The normalized spacial score (nSPS) is 15.4. The maximum atomic E-state index is 13.1. The summed E-state index contributed by atoms with van der Waals surface area (Å²) in [5.74, 6) is 0.738. The molecule has 1 aliphatic carbocycles. The lowest BCUT2D eigenvalue weighted by Crippen LogP contribution is -2.36. The van der Waals surface area contributed by atoms with Crippen molar-refractivity contribution in [3.8, 4) is 5.75 Å². The number of amides is 1. The van der Waals surface area contributed by atoms with Crippen LogP contribution in [0.4, 0.5) is 5.82 Å². The number of pyridine rings is 1. The molecule has 1 amide bonds. The van der Waals surface area contributed by atoms with Crippen LogP contribution in [-0.2, 0) is 16.1 Å². The first-order valence-corrected chi connectivity index (χ1v) is 11.9. The number of carbonyl (C=O) groups excluding carboxylic acids is 2. The van der Waals surface area contributed by atoms with Gasteiger partial charge in [0.25, 0.3) is 5.91 Å². The fourth-order valence-electron chi connectivity index (χ4n) is 4.45. The highest BCUT2D eigenvalue weighted by Crippen LogP contribution is 2.30. The summed E-state index contributed by atoms with van der Waals surface area (Å²) in [6, 6.07) is 17.5. The van der Waals surface area contributed by atoms with Crippen LogP contribution in [0.25, 0.3) is 10.9 Å².